The van der Waals surface area contributed by atoms with Gasteiger partial charge in [0, 0.05) is 0 Å². The molecule has 66 valence electrons. The topological polar surface area (TPSA) is 80.2 Å². The summed E-state index contributed by atoms with van der Waals surface area (Å²) in [7, 11) is -3.35. The fraction of sp³-hybridized carbons (Fsp3) is 0.333. The highest BCUT2D eigenvalue weighted by Crippen LogP contribution is 2.07. The number of aromatic nitrogens is 2. The van der Waals surface area contributed by atoms with Crippen LogP contribution in [0.4, 0.5) is 0 Å². The average Bonchev–Trinajstić information content (AvgIpc) is 2.05. The molecule has 0 fully saturated rings. The zero-order valence-corrected chi connectivity index (χ0v) is 7.24. The van der Waals surface area contributed by atoms with Crippen molar-refractivity contribution in [1.82, 2.24) is 9.97 Å². The van der Waals surface area contributed by atoms with Crippen LogP contribution in [0.25, 0.3) is 0 Å². The van der Waals surface area contributed by atoms with Gasteiger partial charge < -0.3 is 5.11 Å². The maximum Gasteiger partial charge on any atom is 0.247 e. The number of rotatable bonds is 2. The van der Waals surface area contributed by atoms with Gasteiger partial charge in [-0.1, -0.05) is 6.92 Å². The highest BCUT2D eigenvalue weighted by Gasteiger charge is 2.14. The second-order valence-corrected chi connectivity index (χ2v) is 4.30. The number of nitrogens with zero attached hydrogens (tertiary/aromatic N) is 2. The molecule has 0 atom stereocenters. The summed E-state index contributed by atoms with van der Waals surface area (Å²) < 4.78 is 22.2. The fourth-order valence-corrected chi connectivity index (χ4v) is 1.28. The Morgan fingerprint density at radius 2 is 1.92 bits per heavy atom. The van der Waals surface area contributed by atoms with Gasteiger partial charge in [0.05, 0.1) is 18.1 Å². The van der Waals surface area contributed by atoms with E-state index in [2.05, 4.69) is 9.97 Å². The smallest absolute Gasteiger partial charge is 0.247 e. The van der Waals surface area contributed by atoms with Crippen LogP contribution in [0.1, 0.15) is 6.92 Å². The molecule has 0 saturated heterocycles. The summed E-state index contributed by atoms with van der Waals surface area (Å²) >= 11 is 0. The molecular formula is C6H8N2O3S. The first-order valence-electron chi connectivity index (χ1n) is 3.30. The molecular weight excluding hydrogens is 180 g/mol. The molecule has 12 heavy (non-hydrogen) atoms. The van der Waals surface area contributed by atoms with Crippen molar-refractivity contribution >= 4 is 9.84 Å². The summed E-state index contributed by atoms with van der Waals surface area (Å²) in [6.45, 7) is 1.51. The lowest BCUT2D eigenvalue weighted by Gasteiger charge is -1.97. The molecule has 0 aliphatic heterocycles. The number of hydrogen-bond donors (Lipinski definition) is 1. The minimum atomic E-state index is -3.35. The van der Waals surface area contributed by atoms with E-state index in [1.165, 1.54) is 6.92 Å². The van der Waals surface area contributed by atoms with Crippen LogP contribution in [0, 0.1) is 0 Å². The molecule has 0 unspecified atom stereocenters. The van der Waals surface area contributed by atoms with Crippen molar-refractivity contribution in [1.29, 1.82) is 0 Å². The van der Waals surface area contributed by atoms with Crippen molar-refractivity contribution in [3.63, 3.8) is 0 Å². The van der Waals surface area contributed by atoms with E-state index in [-0.39, 0.29) is 16.7 Å². The standard InChI is InChI=1S/C6H8N2O3S/c1-2-12(10,11)6-7-3-5(9)4-8-6/h3-4,9H,2H2,1H3. The lowest BCUT2D eigenvalue weighted by molar-refractivity contribution is 0.466. The van der Waals surface area contributed by atoms with E-state index in [1.54, 1.807) is 0 Å². The maximum atomic E-state index is 11.1. The van der Waals surface area contributed by atoms with Crippen LogP contribution in [-0.4, -0.2) is 29.2 Å². The quantitative estimate of drug-likeness (QED) is 0.659. The van der Waals surface area contributed by atoms with Crippen LogP contribution in [0.2, 0.25) is 0 Å². The van der Waals surface area contributed by atoms with Gasteiger partial charge in [0.2, 0.25) is 15.0 Å². The van der Waals surface area contributed by atoms with Gasteiger partial charge in [0.25, 0.3) is 0 Å². The second kappa shape index (κ2) is 3.06. The Kier molecular flexibility index (Phi) is 2.27. The van der Waals surface area contributed by atoms with Crippen molar-refractivity contribution in [2.45, 2.75) is 12.1 Å². The van der Waals surface area contributed by atoms with Gasteiger partial charge in [0.1, 0.15) is 0 Å². The van der Waals surface area contributed by atoms with Crippen LogP contribution in [0.15, 0.2) is 17.6 Å². The average molecular weight is 188 g/mol. The van der Waals surface area contributed by atoms with Gasteiger partial charge in [-0.15, -0.1) is 0 Å². The van der Waals surface area contributed by atoms with Gasteiger partial charge in [-0.2, -0.15) is 0 Å². The first-order valence-corrected chi connectivity index (χ1v) is 4.95. The SMILES string of the molecule is CCS(=O)(=O)c1ncc(O)cn1. The first-order chi connectivity index (χ1) is 5.56. The van der Waals surface area contributed by atoms with E-state index in [4.69, 9.17) is 5.11 Å². The third-order valence-corrected chi connectivity index (χ3v) is 2.80. The van der Waals surface area contributed by atoms with E-state index >= 15 is 0 Å². The molecule has 1 heterocycles. The fourth-order valence-electron chi connectivity index (χ4n) is 0.599. The summed E-state index contributed by atoms with van der Waals surface area (Å²) in [4.78, 5) is 6.94. The van der Waals surface area contributed by atoms with Gasteiger partial charge in [0.15, 0.2) is 5.75 Å². The molecule has 0 aromatic carbocycles. The highest BCUT2D eigenvalue weighted by atomic mass is 32.2. The summed E-state index contributed by atoms with van der Waals surface area (Å²) in [5, 5.41) is 8.53. The van der Waals surface area contributed by atoms with Crippen LogP contribution in [0.5, 0.6) is 5.75 Å². The molecule has 0 spiro atoms. The Hall–Kier alpha value is -1.17. The van der Waals surface area contributed by atoms with Gasteiger partial charge in [-0.05, 0) is 0 Å². The zero-order valence-electron chi connectivity index (χ0n) is 6.43. The van der Waals surface area contributed by atoms with Crippen LogP contribution in [0.3, 0.4) is 0 Å². The lowest BCUT2D eigenvalue weighted by Crippen LogP contribution is -2.07. The van der Waals surface area contributed by atoms with Crippen molar-refractivity contribution in [2.75, 3.05) is 5.75 Å². The predicted octanol–water partition coefficient (Wildman–Crippen LogP) is -0.0242. The van der Waals surface area contributed by atoms with Crippen molar-refractivity contribution < 1.29 is 13.5 Å². The Morgan fingerprint density at radius 3 is 2.33 bits per heavy atom. The molecule has 0 saturated carbocycles. The largest absolute Gasteiger partial charge is 0.505 e. The van der Waals surface area contributed by atoms with Gasteiger partial charge in [-0.3, -0.25) is 0 Å². The van der Waals surface area contributed by atoms with E-state index < -0.39 is 9.84 Å². The maximum absolute atomic E-state index is 11.1. The molecule has 1 aromatic heterocycles. The third kappa shape index (κ3) is 1.70. The zero-order chi connectivity index (χ0) is 9.19. The van der Waals surface area contributed by atoms with E-state index in [9.17, 15) is 8.42 Å². The van der Waals surface area contributed by atoms with Crippen molar-refractivity contribution in [2.24, 2.45) is 0 Å². The Labute approximate surface area is 70.0 Å². The van der Waals surface area contributed by atoms with Crippen LogP contribution in [-0.2, 0) is 9.84 Å². The molecule has 0 amide bonds. The Morgan fingerprint density at radius 1 is 1.42 bits per heavy atom. The summed E-state index contributed by atoms with van der Waals surface area (Å²) in [5.41, 5.74) is 0. The van der Waals surface area contributed by atoms with Crippen molar-refractivity contribution in [3.8, 4) is 5.75 Å². The molecule has 1 rings (SSSR count). The monoisotopic (exact) mass is 188 g/mol. The first kappa shape index (κ1) is 8.92. The lowest BCUT2D eigenvalue weighted by atomic mass is 10.6. The Bertz CT molecular complexity index is 357. The molecule has 0 radical (unpaired) electrons. The molecule has 0 aliphatic carbocycles. The van der Waals surface area contributed by atoms with Crippen LogP contribution >= 0.6 is 0 Å². The molecule has 6 heteroatoms. The number of aromatic hydroxyl groups is 1. The van der Waals surface area contributed by atoms with Crippen molar-refractivity contribution in [3.05, 3.63) is 12.4 Å². The summed E-state index contributed by atoms with van der Waals surface area (Å²) in [6, 6.07) is 0. The third-order valence-electron chi connectivity index (χ3n) is 1.27. The van der Waals surface area contributed by atoms with Gasteiger partial charge in [-0.25, -0.2) is 18.4 Å². The molecule has 1 N–H and O–H groups in total. The number of sulfone groups is 1. The van der Waals surface area contributed by atoms with E-state index in [0.717, 1.165) is 12.4 Å². The summed E-state index contributed by atoms with van der Waals surface area (Å²) in [6.07, 6.45) is 2.10. The van der Waals surface area contributed by atoms with Gasteiger partial charge >= 0.3 is 0 Å². The molecule has 1 aromatic rings. The predicted molar refractivity (Wildman–Crippen MR) is 41.4 cm³/mol. The molecule has 5 nitrogen and oxygen atoms in total. The molecule has 0 aliphatic rings. The summed E-state index contributed by atoms with van der Waals surface area (Å²) in [5.74, 6) is -0.192. The number of hydrogen-bond acceptors (Lipinski definition) is 5. The minimum absolute atomic E-state index is 0.0439. The molecule has 0 bridgehead atoms. The van der Waals surface area contributed by atoms with E-state index in [0.29, 0.717) is 0 Å². The minimum Gasteiger partial charge on any atom is -0.505 e. The second-order valence-electron chi connectivity index (χ2n) is 2.13. The normalized spacial score (nSPS) is 11.4. The van der Waals surface area contributed by atoms with Crippen LogP contribution < -0.4 is 0 Å². The highest BCUT2D eigenvalue weighted by molar-refractivity contribution is 7.91. The Balaban J connectivity index is 3.14. The van der Waals surface area contributed by atoms with E-state index in [1.807, 2.05) is 0 Å².